The first-order valence-corrected chi connectivity index (χ1v) is 8.32. The van der Waals surface area contributed by atoms with Crippen molar-refractivity contribution in [2.45, 2.75) is 19.5 Å². The van der Waals surface area contributed by atoms with Gasteiger partial charge in [-0.3, -0.25) is 9.48 Å². The maximum atomic E-state index is 13.8. The Hall–Kier alpha value is -2.68. The predicted molar refractivity (Wildman–Crippen MR) is 86.5 cm³/mol. The van der Waals surface area contributed by atoms with Gasteiger partial charge in [-0.15, -0.1) is 5.10 Å². The average molecular weight is 359 g/mol. The molecule has 0 unspecified atom stereocenters. The van der Waals surface area contributed by atoms with Crippen LogP contribution in [0.4, 0.5) is 8.78 Å². The maximum absolute atomic E-state index is 13.8. The molecule has 3 atom stereocenters. The lowest BCUT2D eigenvalue weighted by atomic mass is 10.1. The third-order valence-electron chi connectivity index (χ3n) is 5.55. The lowest BCUT2D eigenvalue weighted by Gasteiger charge is -2.09. The summed E-state index contributed by atoms with van der Waals surface area (Å²) < 4.78 is 35.8. The molecule has 1 saturated carbocycles. The molecule has 1 aliphatic heterocycles. The first-order valence-electron chi connectivity index (χ1n) is 8.32. The van der Waals surface area contributed by atoms with Crippen molar-refractivity contribution in [1.82, 2.24) is 24.8 Å². The molecule has 2 fully saturated rings. The molecule has 1 aliphatic carbocycles. The first kappa shape index (κ1) is 15.6. The van der Waals surface area contributed by atoms with Gasteiger partial charge in [0.05, 0.1) is 32.0 Å². The van der Waals surface area contributed by atoms with Crippen molar-refractivity contribution in [2.75, 3.05) is 13.2 Å². The summed E-state index contributed by atoms with van der Waals surface area (Å²) in [6.45, 7) is 3.13. The zero-order valence-electron chi connectivity index (χ0n) is 13.9. The molecule has 134 valence electrons. The third-order valence-corrected chi connectivity index (χ3v) is 5.55. The molecule has 26 heavy (non-hydrogen) atoms. The highest BCUT2D eigenvalue weighted by molar-refractivity contribution is 5.71. The standard InChI is InChI=1S/C17H15F2N5O2/c1-17-8-26-7-10(17)15(17)24-16(25)14-13(20-22-24)6-23(21-14)5-9-11(18)3-2-4-12(9)19/h2-4,6,10,15H,5,7-8H2,1H3/t10-,15-,17-/m1/s1. The molecule has 9 heteroatoms. The summed E-state index contributed by atoms with van der Waals surface area (Å²) in [6, 6.07) is 3.62. The molecule has 0 radical (unpaired) electrons. The van der Waals surface area contributed by atoms with Crippen molar-refractivity contribution in [1.29, 1.82) is 0 Å². The van der Waals surface area contributed by atoms with Gasteiger partial charge in [-0.05, 0) is 12.1 Å². The van der Waals surface area contributed by atoms with E-state index in [1.165, 1.54) is 33.8 Å². The molecule has 1 aromatic carbocycles. The van der Waals surface area contributed by atoms with E-state index in [-0.39, 0.29) is 40.6 Å². The van der Waals surface area contributed by atoms with E-state index in [0.717, 1.165) is 0 Å². The van der Waals surface area contributed by atoms with Crippen LogP contribution in [0.25, 0.3) is 11.0 Å². The Morgan fingerprint density at radius 1 is 1.35 bits per heavy atom. The van der Waals surface area contributed by atoms with Crippen LogP contribution in [0.3, 0.4) is 0 Å². The van der Waals surface area contributed by atoms with Gasteiger partial charge in [-0.25, -0.2) is 13.5 Å². The van der Waals surface area contributed by atoms with Crippen LogP contribution in [0, 0.1) is 23.0 Å². The molecule has 5 rings (SSSR count). The molecule has 0 amide bonds. The monoisotopic (exact) mass is 359 g/mol. The second kappa shape index (κ2) is 5.16. The number of hydrogen-bond acceptors (Lipinski definition) is 5. The van der Waals surface area contributed by atoms with Crippen LogP contribution in [-0.2, 0) is 11.3 Å². The molecule has 2 aliphatic rings. The maximum Gasteiger partial charge on any atom is 0.298 e. The number of nitrogens with zero attached hydrogens (tertiary/aromatic N) is 5. The molecule has 0 spiro atoms. The second-order valence-corrected chi connectivity index (χ2v) is 7.17. The van der Waals surface area contributed by atoms with Crippen LogP contribution in [0.5, 0.6) is 0 Å². The highest BCUT2D eigenvalue weighted by Gasteiger charge is 2.67. The Morgan fingerprint density at radius 3 is 2.81 bits per heavy atom. The van der Waals surface area contributed by atoms with Crippen LogP contribution in [0.2, 0.25) is 0 Å². The largest absolute Gasteiger partial charge is 0.380 e. The van der Waals surface area contributed by atoms with E-state index in [1.807, 2.05) is 0 Å². The minimum absolute atomic E-state index is 0.0465. The van der Waals surface area contributed by atoms with E-state index in [1.54, 1.807) is 0 Å². The molecule has 1 saturated heterocycles. The number of fused-ring (bicyclic) bond motifs is 2. The van der Waals surface area contributed by atoms with Gasteiger partial charge < -0.3 is 4.74 Å². The van der Waals surface area contributed by atoms with Crippen LogP contribution < -0.4 is 5.56 Å². The highest BCUT2D eigenvalue weighted by Crippen LogP contribution is 2.64. The summed E-state index contributed by atoms with van der Waals surface area (Å²) in [5.41, 5.74) is -0.106. The van der Waals surface area contributed by atoms with Gasteiger partial charge in [0.15, 0.2) is 5.52 Å². The van der Waals surface area contributed by atoms with Gasteiger partial charge in [0.1, 0.15) is 17.2 Å². The Morgan fingerprint density at radius 2 is 2.12 bits per heavy atom. The Labute approximate surface area is 146 Å². The Kier molecular flexibility index (Phi) is 3.09. The van der Waals surface area contributed by atoms with Gasteiger partial charge in [0.25, 0.3) is 5.56 Å². The average Bonchev–Trinajstić information content (AvgIpc) is 2.94. The lowest BCUT2D eigenvalue weighted by Crippen LogP contribution is -2.27. The smallest absolute Gasteiger partial charge is 0.298 e. The Balaban J connectivity index is 1.53. The molecular formula is C17H15F2N5O2. The number of aromatic nitrogens is 5. The van der Waals surface area contributed by atoms with Gasteiger partial charge in [-0.1, -0.05) is 18.2 Å². The fourth-order valence-electron chi connectivity index (χ4n) is 3.95. The predicted octanol–water partition coefficient (Wildman–Crippen LogP) is 1.52. The summed E-state index contributed by atoms with van der Waals surface area (Å²) in [6.07, 6.45) is 1.47. The number of hydrogen-bond donors (Lipinski definition) is 0. The van der Waals surface area contributed by atoms with Crippen molar-refractivity contribution >= 4 is 11.0 Å². The van der Waals surface area contributed by atoms with E-state index in [0.29, 0.717) is 18.7 Å². The van der Waals surface area contributed by atoms with E-state index in [2.05, 4.69) is 22.3 Å². The number of benzene rings is 1. The quantitative estimate of drug-likeness (QED) is 0.709. The van der Waals surface area contributed by atoms with E-state index >= 15 is 0 Å². The zero-order valence-corrected chi connectivity index (χ0v) is 13.9. The van der Waals surface area contributed by atoms with E-state index in [9.17, 15) is 13.6 Å². The lowest BCUT2D eigenvalue weighted by molar-refractivity contribution is 0.130. The summed E-state index contributed by atoms with van der Waals surface area (Å²) >= 11 is 0. The van der Waals surface area contributed by atoms with Crippen LogP contribution >= 0.6 is 0 Å². The topological polar surface area (TPSA) is 74.8 Å². The molecule has 2 aromatic heterocycles. The van der Waals surface area contributed by atoms with Crippen molar-refractivity contribution in [2.24, 2.45) is 11.3 Å². The molecular weight excluding hydrogens is 344 g/mol. The third kappa shape index (κ3) is 2.06. The molecule has 3 heterocycles. The minimum atomic E-state index is -0.660. The van der Waals surface area contributed by atoms with Crippen LogP contribution in [0.15, 0.2) is 29.2 Å². The van der Waals surface area contributed by atoms with Crippen LogP contribution in [-0.4, -0.2) is 38.0 Å². The highest BCUT2D eigenvalue weighted by atomic mass is 19.1. The fraction of sp³-hybridized carbons (Fsp3) is 0.412. The second-order valence-electron chi connectivity index (χ2n) is 7.17. The zero-order chi connectivity index (χ0) is 18.1. The molecule has 7 nitrogen and oxygen atoms in total. The molecule has 0 N–H and O–H groups in total. The van der Waals surface area contributed by atoms with Gasteiger partial charge >= 0.3 is 0 Å². The normalized spacial score (nSPS) is 27.0. The van der Waals surface area contributed by atoms with Crippen molar-refractivity contribution in [3.8, 4) is 0 Å². The van der Waals surface area contributed by atoms with Crippen molar-refractivity contribution < 1.29 is 13.5 Å². The van der Waals surface area contributed by atoms with Crippen molar-refractivity contribution in [3.05, 3.63) is 51.9 Å². The molecule has 0 bridgehead atoms. The summed E-state index contributed by atoms with van der Waals surface area (Å²) in [5.74, 6) is -1.07. The summed E-state index contributed by atoms with van der Waals surface area (Å²) in [4.78, 5) is 12.8. The fourth-order valence-corrected chi connectivity index (χ4v) is 3.95. The van der Waals surface area contributed by atoms with Gasteiger partial charge in [0.2, 0.25) is 0 Å². The van der Waals surface area contributed by atoms with Gasteiger partial charge in [0, 0.05) is 16.9 Å². The van der Waals surface area contributed by atoms with E-state index < -0.39 is 11.6 Å². The van der Waals surface area contributed by atoms with E-state index in [4.69, 9.17) is 4.74 Å². The number of ether oxygens (including phenoxy) is 1. The number of rotatable bonds is 3. The summed E-state index contributed by atoms with van der Waals surface area (Å²) in [5, 5.41) is 12.3. The number of halogens is 2. The SMILES string of the molecule is C[C@@]12COC[C@@H]1[C@H]2n1nnc2cn(Cc3c(F)cccc3F)nc2c1=O. The minimum Gasteiger partial charge on any atom is -0.380 e. The summed E-state index contributed by atoms with van der Waals surface area (Å²) in [7, 11) is 0. The Bertz CT molecular complexity index is 1070. The van der Waals surface area contributed by atoms with Crippen LogP contribution in [0.1, 0.15) is 18.5 Å². The van der Waals surface area contributed by atoms with Gasteiger partial charge in [-0.2, -0.15) is 5.10 Å². The van der Waals surface area contributed by atoms with Crippen molar-refractivity contribution in [3.63, 3.8) is 0 Å². The first-order chi connectivity index (χ1) is 12.5. The molecule has 3 aromatic rings.